The number of para-hydroxylation sites is 1. The molecule has 0 aromatic heterocycles. The van der Waals surface area contributed by atoms with Gasteiger partial charge < -0.3 is 10.2 Å². The molecule has 7 nitrogen and oxygen atoms in total. The molecule has 0 spiro atoms. The van der Waals surface area contributed by atoms with Crippen molar-refractivity contribution in [2.45, 2.75) is 38.3 Å². The third-order valence-electron chi connectivity index (χ3n) is 6.04. The van der Waals surface area contributed by atoms with E-state index >= 15 is 0 Å². The van der Waals surface area contributed by atoms with Gasteiger partial charge in [0.05, 0.1) is 10.6 Å². The Kier molecular flexibility index (Phi) is 9.23. The predicted molar refractivity (Wildman–Crippen MR) is 147 cm³/mol. The van der Waals surface area contributed by atoms with Gasteiger partial charge in [0.25, 0.3) is 10.0 Å². The number of nitrogens with one attached hydrogen (secondary N) is 1. The summed E-state index contributed by atoms with van der Waals surface area (Å²) in [5.41, 5.74) is 2.52. The van der Waals surface area contributed by atoms with Gasteiger partial charge in [-0.2, -0.15) is 0 Å². The van der Waals surface area contributed by atoms with Crippen LogP contribution in [-0.4, -0.2) is 44.8 Å². The van der Waals surface area contributed by atoms with Crippen molar-refractivity contribution in [1.29, 1.82) is 0 Å². The zero-order chi connectivity index (χ0) is 27.3. The summed E-state index contributed by atoms with van der Waals surface area (Å²) >= 11 is 12.4. The van der Waals surface area contributed by atoms with Crippen molar-refractivity contribution in [3.8, 4) is 0 Å². The molecule has 10 heteroatoms. The van der Waals surface area contributed by atoms with Gasteiger partial charge in [0.15, 0.2) is 0 Å². The number of anilines is 1. The topological polar surface area (TPSA) is 86.8 Å². The Balaban J connectivity index is 2.06. The highest BCUT2D eigenvalue weighted by atomic mass is 35.5. The minimum atomic E-state index is -4.12. The first-order valence-electron chi connectivity index (χ1n) is 11.6. The van der Waals surface area contributed by atoms with Crippen LogP contribution in [0.3, 0.4) is 0 Å². The van der Waals surface area contributed by atoms with Crippen LogP contribution in [0.4, 0.5) is 5.69 Å². The summed E-state index contributed by atoms with van der Waals surface area (Å²) in [5, 5.41) is 3.31. The SMILES string of the molecule is CNC(=O)[C@H](C)N(Cc1ccc(Cl)cc1Cl)C(=O)CN(c1ccccc1C)S(=O)(=O)c1ccc(C)cc1. The van der Waals surface area contributed by atoms with E-state index in [1.807, 2.05) is 6.92 Å². The molecule has 0 fully saturated rings. The summed E-state index contributed by atoms with van der Waals surface area (Å²) < 4.78 is 28.7. The van der Waals surface area contributed by atoms with Gasteiger partial charge in [-0.1, -0.05) is 65.2 Å². The van der Waals surface area contributed by atoms with E-state index in [9.17, 15) is 18.0 Å². The molecule has 1 atom stereocenters. The van der Waals surface area contributed by atoms with Crippen LogP contribution in [-0.2, 0) is 26.2 Å². The summed E-state index contributed by atoms with van der Waals surface area (Å²) in [6, 6.07) is 17.3. The van der Waals surface area contributed by atoms with Crippen LogP contribution in [0.15, 0.2) is 71.6 Å². The predicted octanol–water partition coefficient (Wildman–Crippen LogP) is 4.97. The maximum absolute atomic E-state index is 13.8. The van der Waals surface area contributed by atoms with Gasteiger partial charge in [-0.15, -0.1) is 0 Å². The number of hydrogen-bond acceptors (Lipinski definition) is 4. The van der Waals surface area contributed by atoms with Crippen molar-refractivity contribution < 1.29 is 18.0 Å². The molecular weight excluding hydrogens is 533 g/mol. The summed E-state index contributed by atoms with van der Waals surface area (Å²) in [5.74, 6) is -0.969. The number of amides is 2. The second-order valence-electron chi connectivity index (χ2n) is 8.66. The molecule has 1 N–H and O–H groups in total. The van der Waals surface area contributed by atoms with E-state index in [1.165, 1.54) is 24.1 Å². The van der Waals surface area contributed by atoms with E-state index in [0.717, 1.165) is 9.87 Å². The molecule has 2 amide bonds. The number of nitrogens with zero attached hydrogens (tertiary/aromatic N) is 2. The summed E-state index contributed by atoms with van der Waals surface area (Å²) in [6.07, 6.45) is 0. The van der Waals surface area contributed by atoms with E-state index < -0.39 is 34.4 Å². The largest absolute Gasteiger partial charge is 0.357 e. The van der Waals surface area contributed by atoms with E-state index in [2.05, 4.69) is 5.32 Å². The third kappa shape index (κ3) is 6.63. The molecular formula is C27H29Cl2N3O4S. The Morgan fingerprint density at radius 3 is 2.22 bits per heavy atom. The Morgan fingerprint density at radius 1 is 0.973 bits per heavy atom. The lowest BCUT2D eigenvalue weighted by Gasteiger charge is -2.32. The second kappa shape index (κ2) is 12.0. The number of aryl methyl sites for hydroxylation is 2. The average Bonchev–Trinajstić information content (AvgIpc) is 2.86. The van der Waals surface area contributed by atoms with Gasteiger partial charge in [0.1, 0.15) is 12.6 Å². The fraction of sp³-hybridized carbons (Fsp3) is 0.259. The van der Waals surface area contributed by atoms with Gasteiger partial charge in [0, 0.05) is 23.6 Å². The maximum Gasteiger partial charge on any atom is 0.264 e. The highest BCUT2D eigenvalue weighted by Gasteiger charge is 2.33. The van der Waals surface area contributed by atoms with Crippen molar-refractivity contribution in [1.82, 2.24) is 10.2 Å². The molecule has 0 heterocycles. The minimum absolute atomic E-state index is 0.0182. The second-order valence-corrected chi connectivity index (χ2v) is 11.4. The quantitative estimate of drug-likeness (QED) is 0.399. The van der Waals surface area contributed by atoms with Crippen LogP contribution in [0, 0.1) is 13.8 Å². The first-order valence-corrected chi connectivity index (χ1v) is 13.7. The van der Waals surface area contributed by atoms with E-state index in [-0.39, 0.29) is 11.4 Å². The van der Waals surface area contributed by atoms with Crippen LogP contribution < -0.4 is 9.62 Å². The number of benzene rings is 3. The number of halogens is 2. The maximum atomic E-state index is 13.8. The third-order valence-corrected chi connectivity index (χ3v) is 8.40. The normalized spacial score (nSPS) is 12.1. The first-order chi connectivity index (χ1) is 17.4. The molecule has 0 saturated heterocycles. The number of likely N-dealkylation sites (N-methyl/N-ethyl adjacent to an activating group) is 1. The van der Waals surface area contributed by atoms with Crippen molar-refractivity contribution in [2.75, 3.05) is 17.9 Å². The average molecular weight is 563 g/mol. The monoisotopic (exact) mass is 561 g/mol. The molecule has 0 unspecified atom stereocenters. The highest BCUT2D eigenvalue weighted by Crippen LogP contribution is 2.28. The van der Waals surface area contributed by atoms with Crippen LogP contribution in [0.25, 0.3) is 0 Å². The molecule has 3 rings (SSSR count). The number of sulfonamides is 1. The minimum Gasteiger partial charge on any atom is -0.357 e. The van der Waals surface area contributed by atoms with E-state index in [1.54, 1.807) is 68.4 Å². The summed E-state index contributed by atoms with van der Waals surface area (Å²) in [4.78, 5) is 27.7. The van der Waals surface area contributed by atoms with Crippen LogP contribution in [0.1, 0.15) is 23.6 Å². The molecule has 0 aliphatic heterocycles. The Hall–Kier alpha value is -3.07. The van der Waals surface area contributed by atoms with E-state index in [0.29, 0.717) is 26.9 Å². The molecule has 3 aromatic rings. The number of hydrogen-bond donors (Lipinski definition) is 1. The van der Waals surface area contributed by atoms with E-state index in [4.69, 9.17) is 23.2 Å². The summed E-state index contributed by atoms with van der Waals surface area (Å²) in [6.45, 7) is 4.67. The number of rotatable bonds is 9. The molecule has 3 aromatic carbocycles. The molecule has 196 valence electrons. The van der Waals surface area contributed by atoms with Crippen LogP contribution in [0.5, 0.6) is 0 Å². The fourth-order valence-corrected chi connectivity index (χ4v) is 5.77. The smallest absolute Gasteiger partial charge is 0.264 e. The van der Waals surface area contributed by atoms with Gasteiger partial charge in [-0.3, -0.25) is 13.9 Å². The standard InChI is InChI=1S/C27H29Cl2N3O4S/c1-18-9-13-23(14-10-18)37(35,36)32(25-8-6-5-7-19(25)2)17-26(33)31(20(3)27(34)30-4)16-21-11-12-22(28)15-24(21)29/h5-15,20H,16-17H2,1-4H3,(H,30,34)/t20-/m0/s1. The molecule has 0 bridgehead atoms. The van der Waals surface area contributed by atoms with Gasteiger partial charge in [-0.05, 0) is 62.2 Å². The molecule has 0 saturated carbocycles. The van der Waals surface area contributed by atoms with Crippen molar-refractivity contribution in [3.05, 3.63) is 93.5 Å². The lowest BCUT2D eigenvalue weighted by atomic mass is 10.1. The number of carbonyl (C=O) groups excluding carboxylic acids is 2. The Morgan fingerprint density at radius 2 is 1.62 bits per heavy atom. The van der Waals surface area contributed by atoms with Crippen molar-refractivity contribution >= 4 is 50.7 Å². The first kappa shape index (κ1) is 28.5. The molecule has 0 radical (unpaired) electrons. The van der Waals surface area contributed by atoms with Crippen LogP contribution >= 0.6 is 23.2 Å². The Bertz CT molecular complexity index is 1400. The molecule has 37 heavy (non-hydrogen) atoms. The number of carbonyl (C=O) groups is 2. The van der Waals surface area contributed by atoms with Crippen LogP contribution in [0.2, 0.25) is 10.0 Å². The molecule has 0 aliphatic carbocycles. The lowest BCUT2D eigenvalue weighted by Crippen LogP contribution is -2.50. The zero-order valence-corrected chi connectivity index (χ0v) is 23.4. The fourth-order valence-electron chi connectivity index (χ4n) is 3.82. The van der Waals surface area contributed by atoms with Crippen molar-refractivity contribution in [3.63, 3.8) is 0 Å². The summed E-state index contributed by atoms with van der Waals surface area (Å²) in [7, 11) is -2.65. The molecule has 0 aliphatic rings. The zero-order valence-electron chi connectivity index (χ0n) is 21.0. The van der Waals surface area contributed by atoms with Gasteiger partial charge >= 0.3 is 0 Å². The highest BCUT2D eigenvalue weighted by molar-refractivity contribution is 7.92. The van der Waals surface area contributed by atoms with Gasteiger partial charge in [0.2, 0.25) is 11.8 Å². The lowest BCUT2D eigenvalue weighted by molar-refractivity contribution is -0.139. The van der Waals surface area contributed by atoms with Crippen molar-refractivity contribution in [2.24, 2.45) is 0 Å². The Labute approximate surface area is 228 Å². The van der Waals surface area contributed by atoms with Gasteiger partial charge in [-0.25, -0.2) is 8.42 Å².